The Hall–Kier alpha value is -0.880. The van der Waals surface area contributed by atoms with Gasteiger partial charge in [0, 0.05) is 6.54 Å². The number of nitrogens with one attached hydrogen (secondary N) is 2. The fourth-order valence-corrected chi connectivity index (χ4v) is 3.10. The lowest BCUT2D eigenvalue weighted by Crippen LogP contribution is -2.30. The smallest absolute Gasteiger partial charge is 0.257 e. The van der Waals surface area contributed by atoms with Crippen molar-refractivity contribution in [3.05, 3.63) is 12.5 Å². The molecule has 0 amide bonds. The summed E-state index contributed by atoms with van der Waals surface area (Å²) in [6, 6.07) is 0. The molecule has 6 heteroatoms. The number of imidazole rings is 1. The molecule has 0 spiro atoms. The first-order valence-electron chi connectivity index (χ1n) is 5.66. The van der Waals surface area contributed by atoms with E-state index >= 15 is 0 Å². The fourth-order valence-electron chi connectivity index (χ4n) is 2.09. The molecule has 0 radical (unpaired) electrons. The standard InChI is InChI=1S/C10H17N3O2S/c14-16(15,10-7-11-8-12-10)13-6-9-4-2-1-3-5-9/h7-9,13H,1-6H2,(H,11,12). The van der Waals surface area contributed by atoms with Gasteiger partial charge in [0.25, 0.3) is 10.0 Å². The molecule has 1 aromatic heterocycles. The van der Waals surface area contributed by atoms with Gasteiger partial charge in [0.15, 0.2) is 5.03 Å². The molecule has 1 aromatic rings. The van der Waals surface area contributed by atoms with Crippen LogP contribution in [0.2, 0.25) is 0 Å². The van der Waals surface area contributed by atoms with E-state index in [1.54, 1.807) is 0 Å². The summed E-state index contributed by atoms with van der Waals surface area (Å²) in [5.41, 5.74) is 0. The van der Waals surface area contributed by atoms with Crippen molar-refractivity contribution in [2.45, 2.75) is 37.1 Å². The Balaban J connectivity index is 1.89. The summed E-state index contributed by atoms with van der Waals surface area (Å²) in [7, 11) is -3.38. The van der Waals surface area contributed by atoms with Gasteiger partial charge < -0.3 is 4.98 Å². The van der Waals surface area contributed by atoms with Crippen molar-refractivity contribution in [1.29, 1.82) is 0 Å². The molecule has 16 heavy (non-hydrogen) atoms. The van der Waals surface area contributed by atoms with E-state index in [1.807, 2.05) is 0 Å². The van der Waals surface area contributed by atoms with Gasteiger partial charge in [0.05, 0.1) is 12.5 Å². The summed E-state index contributed by atoms with van der Waals surface area (Å²) in [4.78, 5) is 6.31. The molecule has 0 aromatic carbocycles. The van der Waals surface area contributed by atoms with Gasteiger partial charge in [0.1, 0.15) is 0 Å². The predicted octanol–water partition coefficient (Wildman–Crippen LogP) is 1.27. The van der Waals surface area contributed by atoms with E-state index in [0.717, 1.165) is 12.8 Å². The van der Waals surface area contributed by atoms with E-state index in [9.17, 15) is 8.42 Å². The van der Waals surface area contributed by atoms with Gasteiger partial charge in [-0.2, -0.15) is 0 Å². The highest BCUT2D eigenvalue weighted by molar-refractivity contribution is 7.89. The van der Waals surface area contributed by atoms with Gasteiger partial charge in [-0.1, -0.05) is 19.3 Å². The average molecular weight is 243 g/mol. The molecule has 2 rings (SSSR count). The predicted molar refractivity (Wildman–Crippen MR) is 60.4 cm³/mol. The first-order valence-corrected chi connectivity index (χ1v) is 7.15. The van der Waals surface area contributed by atoms with Crippen molar-refractivity contribution < 1.29 is 8.42 Å². The molecule has 1 aliphatic carbocycles. The molecule has 0 saturated heterocycles. The minimum Gasteiger partial charge on any atom is -0.335 e. The number of aromatic nitrogens is 2. The lowest BCUT2D eigenvalue weighted by atomic mass is 9.90. The topological polar surface area (TPSA) is 74.8 Å². The number of hydrogen-bond donors (Lipinski definition) is 2. The molecule has 1 saturated carbocycles. The SMILES string of the molecule is O=S(=O)(NCC1CCCCC1)c1cnc[nH]1. The number of nitrogens with zero attached hydrogens (tertiary/aromatic N) is 1. The number of rotatable bonds is 4. The van der Waals surface area contributed by atoms with Crippen LogP contribution in [-0.2, 0) is 10.0 Å². The van der Waals surface area contributed by atoms with Gasteiger partial charge in [-0.25, -0.2) is 18.1 Å². The van der Waals surface area contributed by atoms with Crippen LogP contribution in [0.25, 0.3) is 0 Å². The van der Waals surface area contributed by atoms with Crippen molar-refractivity contribution in [1.82, 2.24) is 14.7 Å². The summed E-state index contributed by atoms with van der Waals surface area (Å²) in [5.74, 6) is 0.492. The van der Waals surface area contributed by atoms with Crippen molar-refractivity contribution in [2.24, 2.45) is 5.92 Å². The van der Waals surface area contributed by atoms with Crippen LogP contribution in [0.4, 0.5) is 0 Å². The van der Waals surface area contributed by atoms with Crippen molar-refractivity contribution in [2.75, 3.05) is 6.54 Å². The lowest BCUT2D eigenvalue weighted by Gasteiger charge is -2.21. The van der Waals surface area contributed by atoms with E-state index < -0.39 is 10.0 Å². The molecule has 1 heterocycles. The highest BCUT2D eigenvalue weighted by Gasteiger charge is 2.19. The van der Waals surface area contributed by atoms with Crippen molar-refractivity contribution in [3.63, 3.8) is 0 Å². The second-order valence-electron chi connectivity index (χ2n) is 4.27. The number of sulfonamides is 1. The largest absolute Gasteiger partial charge is 0.335 e. The van der Waals surface area contributed by atoms with Gasteiger partial charge in [-0.05, 0) is 18.8 Å². The molecule has 2 N–H and O–H groups in total. The Morgan fingerprint density at radius 3 is 2.75 bits per heavy atom. The van der Waals surface area contributed by atoms with Crippen LogP contribution >= 0.6 is 0 Å². The van der Waals surface area contributed by atoms with Gasteiger partial charge in [0.2, 0.25) is 0 Å². The van der Waals surface area contributed by atoms with Crippen LogP contribution in [0.15, 0.2) is 17.6 Å². The van der Waals surface area contributed by atoms with Gasteiger partial charge in [-0.3, -0.25) is 0 Å². The highest BCUT2D eigenvalue weighted by atomic mass is 32.2. The molecule has 1 aliphatic rings. The Bertz CT molecular complexity index is 407. The summed E-state index contributed by atoms with van der Waals surface area (Å²) < 4.78 is 26.1. The van der Waals surface area contributed by atoms with Gasteiger partial charge in [-0.15, -0.1) is 0 Å². The molecule has 0 unspecified atom stereocenters. The molecule has 0 bridgehead atoms. The monoisotopic (exact) mass is 243 g/mol. The lowest BCUT2D eigenvalue weighted by molar-refractivity contribution is 0.357. The fraction of sp³-hybridized carbons (Fsp3) is 0.700. The van der Waals surface area contributed by atoms with E-state index in [2.05, 4.69) is 14.7 Å². The Labute approximate surface area is 95.7 Å². The number of aromatic amines is 1. The van der Waals surface area contributed by atoms with Crippen LogP contribution in [0.5, 0.6) is 0 Å². The third-order valence-electron chi connectivity index (χ3n) is 3.05. The molecule has 0 aliphatic heterocycles. The van der Waals surface area contributed by atoms with Crippen LogP contribution in [0.1, 0.15) is 32.1 Å². The highest BCUT2D eigenvalue weighted by Crippen LogP contribution is 2.23. The second kappa shape index (κ2) is 4.97. The van der Waals surface area contributed by atoms with Crippen molar-refractivity contribution >= 4 is 10.0 Å². The maximum absolute atomic E-state index is 11.8. The molecule has 0 atom stereocenters. The summed E-state index contributed by atoms with van der Waals surface area (Å²) in [6.07, 6.45) is 8.67. The Kier molecular flexibility index (Phi) is 3.60. The molecular formula is C10H17N3O2S. The maximum atomic E-state index is 11.8. The van der Waals surface area contributed by atoms with Crippen LogP contribution in [0, 0.1) is 5.92 Å². The second-order valence-corrected chi connectivity index (χ2v) is 6.01. The molecule has 1 fully saturated rings. The maximum Gasteiger partial charge on any atom is 0.257 e. The minimum absolute atomic E-state index is 0.142. The van der Waals surface area contributed by atoms with E-state index in [4.69, 9.17) is 0 Å². The van der Waals surface area contributed by atoms with Gasteiger partial charge >= 0.3 is 0 Å². The van der Waals surface area contributed by atoms with Crippen molar-refractivity contribution in [3.8, 4) is 0 Å². The molecule has 90 valence electrons. The first-order chi connectivity index (χ1) is 7.68. The number of H-pyrrole nitrogens is 1. The van der Waals surface area contributed by atoms with Crippen LogP contribution < -0.4 is 4.72 Å². The zero-order valence-corrected chi connectivity index (χ0v) is 9.96. The summed E-state index contributed by atoms with van der Waals surface area (Å²) >= 11 is 0. The molecular weight excluding hydrogens is 226 g/mol. The first kappa shape index (κ1) is 11.6. The number of hydrogen-bond acceptors (Lipinski definition) is 3. The van der Waals surface area contributed by atoms with E-state index in [-0.39, 0.29) is 5.03 Å². The average Bonchev–Trinajstić information content (AvgIpc) is 2.82. The third-order valence-corrected chi connectivity index (χ3v) is 4.40. The zero-order valence-electron chi connectivity index (χ0n) is 9.15. The Morgan fingerprint density at radius 1 is 1.38 bits per heavy atom. The third kappa shape index (κ3) is 2.82. The van der Waals surface area contributed by atoms with Crippen LogP contribution in [0.3, 0.4) is 0 Å². The van der Waals surface area contributed by atoms with Crippen LogP contribution in [-0.4, -0.2) is 24.9 Å². The van der Waals surface area contributed by atoms with E-state index in [1.165, 1.54) is 31.8 Å². The minimum atomic E-state index is -3.38. The molecule has 5 nitrogen and oxygen atoms in total. The Morgan fingerprint density at radius 2 is 2.12 bits per heavy atom. The summed E-state index contributed by atoms with van der Waals surface area (Å²) in [6.45, 7) is 0.543. The van der Waals surface area contributed by atoms with E-state index in [0.29, 0.717) is 12.5 Å². The zero-order chi connectivity index (χ0) is 11.4. The quantitative estimate of drug-likeness (QED) is 0.836. The summed E-state index contributed by atoms with van der Waals surface area (Å²) in [5, 5.41) is 0.142. The normalized spacial score (nSPS) is 18.8.